The van der Waals surface area contributed by atoms with Crippen LogP contribution in [0.25, 0.3) is 22.6 Å². The van der Waals surface area contributed by atoms with Crippen LogP contribution < -0.4 is 0 Å². The third kappa shape index (κ3) is 3.60. The summed E-state index contributed by atoms with van der Waals surface area (Å²) in [6.07, 6.45) is 2.30. The van der Waals surface area contributed by atoms with Crippen LogP contribution in [0.15, 0.2) is 77.6 Å². The first-order chi connectivity index (χ1) is 13.1. The maximum Gasteiger partial charge on any atom is 0.173 e. The molecule has 2 aromatic carbocycles. The highest BCUT2D eigenvalue weighted by molar-refractivity contribution is 6.31. The van der Waals surface area contributed by atoms with Crippen molar-refractivity contribution in [2.24, 2.45) is 0 Å². The fraction of sp³-hybridized carbons (Fsp3) is 0.0476. The number of nitrogens with zero attached hydrogens (tertiary/aromatic N) is 2. The van der Waals surface area contributed by atoms with E-state index in [2.05, 4.69) is 10.1 Å². The molecule has 27 heavy (non-hydrogen) atoms. The molecule has 0 radical (unpaired) electrons. The summed E-state index contributed by atoms with van der Waals surface area (Å²) in [7, 11) is 0. The van der Waals surface area contributed by atoms with Gasteiger partial charge in [-0.15, -0.1) is 0 Å². The van der Waals surface area contributed by atoms with Gasteiger partial charge in [0.15, 0.2) is 5.76 Å². The minimum Gasteiger partial charge on any atom is -0.383 e. The molecular weight excluding hydrogens is 383 g/mol. The standard InChI is InChI=1S/C21H14Cl2N2O2/c22-16-8-6-13(7-9-16)21-18(20(26)15-4-2-10-24-12-15)19(25-27-21)14-3-1-5-17(23)11-14/h1-12,20,26H. The maximum absolute atomic E-state index is 11.1. The predicted octanol–water partition coefficient (Wildman–Crippen LogP) is 5.79. The SMILES string of the molecule is OC(c1cccnc1)c1c(-c2cccc(Cl)c2)noc1-c1ccc(Cl)cc1. The monoisotopic (exact) mass is 396 g/mol. The Kier molecular flexibility index (Phi) is 4.94. The van der Waals surface area contributed by atoms with Gasteiger partial charge in [-0.25, -0.2) is 0 Å². The summed E-state index contributed by atoms with van der Waals surface area (Å²) >= 11 is 12.1. The van der Waals surface area contributed by atoms with Gasteiger partial charge in [-0.3, -0.25) is 4.98 Å². The van der Waals surface area contributed by atoms with E-state index in [0.717, 1.165) is 11.1 Å². The summed E-state index contributed by atoms with van der Waals surface area (Å²) < 4.78 is 5.64. The van der Waals surface area contributed by atoms with E-state index in [4.69, 9.17) is 27.7 Å². The first-order valence-electron chi connectivity index (χ1n) is 8.23. The summed E-state index contributed by atoms with van der Waals surface area (Å²) in [5.74, 6) is 0.470. The fourth-order valence-corrected chi connectivity index (χ4v) is 3.22. The number of hydrogen-bond donors (Lipinski definition) is 1. The van der Waals surface area contributed by atoms with Crippen molar-refractivity contribution < 1.29 is 9.63 Å². The average molecular weight is 397 g/mol. The molecule has 4 aromatic rings. The van der Waals surface area contributed by atoms with Gasteiger partial charge in [0, 0.05) is 39.1 Å². The molecule has 0 fully saturated rings. The molecule has 2 heterocycles. The molecule has 0 spiro atoms. The topological polar surface area (TPSA) is 59.2 Å². The fourth-order valence-electron chi connectivity index (χ4n) is 2.91. The number of pyridine rings is 1. The van der Waals surface area contributed by atoms with Gasteiger partial charge in [-0.1, -0.05) is 46.6 Å². The lowest BCUT2D eigenvalue weighted by molar-refractivity contribution is 0.220. The predicted molar refractivity (Wildman–Crippen MR) is 106 cm³/mol. The van der Waals surface area contributed by atoms with Crippen molar-refractivity contribution in [1.29, 1.82) is 0 Å². The Hall–Kier alpha value is -2.66. The van der Waals surface area contributed by atoms with Crippen LogP contribution in [0, 0.1) is 0 Å². The van der Waals surface area contributed by atoms with E-state index in [1.807, 2.05) is 24.3 Å². The third-order valence-electron chi connectivity index (χ3n) is 4.21. The van der Waals surface area contributed by atoms with Gasteiger partial charge in [0.25, 0.3) is 0 Å². The minimum atomic E-state index is -0.968. The van der Waals surface area contributed by atoms with Gasteiger partial charge < -0.3 is 9.63 Å². The zero-order valence-electron chi connectivity index (χ0n) is 14.0. The first-order valence-corrected chi connectivity index (χ1v) is 8.98. The van der Waals surface area contributed by atoms with E-state index in [0.29, 0.717) is 32.6 Å². The lowest BCUT2D eigenvalue weighted by Gasteiger charge is -2.12. The lowest BCUT2D eigenvalue weighted by atomic mass is 9.95. The molecule has 4 rings (SSSR count). The van der Waals surface area contributed by atoms with Crippen LogP contribution in [0.4, 0.5) is 0 Å². The third-order valence-corrected chi connectivity index (χ3v) is 4.69. The highest BCUT2D eigenvalue weighted by Gasteiger charge is 2.26. The zero-order valence-corrected chi connectivity index (χ0v) is 15.5. The number of rotatable bonds is 4. The van der Waals surface area contributed by atoms with Crippen molar-refractivity contribution >= 4 is 23.2 Å². The molecule has 1 N–H and O–H groups in total. The molecule has 0 aliphatic rings. The van der Waals surface area contributed by atoms with Crippen LogP contribution in [0.5, 0.6) is 0 Å². The minimum absolute atomic E-state index is 0.470. The molecule has 6 heteroatoms. The van der Waals surface area contributed by atoms with Crippen molar-refractivity contribution in [1.82, 2.24) is 10.1 Å². The number of aliphatic hydroxyl groups excluding tert-OH is 1. The average Bonchev–Trinajstić information content (AvgIpc) is 3.14. The van der Waals surface area contributed by atoms with Crippen LogP contribution in [0.3, 0.4) is 0 Å². The van der Waals surface area contributed by atoms with Crippen LogP contribution in [0.2, 0.25) is 10.0 Å². The van der Waals surface area contributed by atoms with Crippen LogP contribution in [-0.4, -0.2) is 15.2 Å². The molecule has 0 aliphatic carbocycles. The number of aliphatic hydroxyl groups is 1. The van der Waals surface area contributed by atoms with Gasteiger partial charge >= 0.3 is 0 Å². The largest absolute Gasteiger partial charge is 0.383 e. The highest BCUT2D eigenvalue weighted by Crippen LogP contribution is 2.39. The van der Waals surface area contributed by atoms with Crippen molar-refractivity contribution in [3.05, 3.63) is 94.2 Å². The Morgan fingerprint density at radius 2 is 1.70 bits per heavy atom. The smallest absolute Gasteiger partial charge is 0.173 e. The van der Waals surface area contributed by atoms with E-state index >= 15 is 0 Å². The molecule has 4 nitrogen and oxygen atoms in total. The highest BCUT2D eigenvalue weighted by atomic mass is 35.5. The van der Waals surface area contributed by atoms with Crippen molar-refractivity contribution in [2.75, 3.05) is 0 Å². The second kappa shape index (κ2) is 7.53. The van der Waals surface area contributed by atoms with E-state index in [1.165, 1.54) is 0 Å². The van der Waals surface area contributed by atoms with E-state index in [9.17, 15) is 5.11 Å². The molecule has 134 valence electrons. The number of hydrogen-bond acceptors (Lipinski definition) is 4. The van der Waals surface area contributed by atoms with Gasteiger partial charge in [0.1, 0.15) is 11.8 Å². The summed E-state index contributed by atoms with van der Waals surface area (Å²) in [6.45, 7) is 0. The van der Waals surface area contributed by atoms with Crippen LogP contribution in [-0.2, 0) is 0 Å². The maximum atomic E-state index is 11.1. The second-order valence-corrected chi connectivity index (χ2v) is 6.85. The molecule has 2 aromatic heterocycles. The van der Waals surface area contributed by atoms with Crippen molar-refractivity contribution in [3.63, 3.8) is 0 Å². The van der Waals surface area contributed by atoms with E-state index < -0.39 is 6.10 Å². The summed E-state index contributed by atoms with van der Waals surface area (Å²) in [5, 5.41) is 16.5. The number of halogens is 2. The van der Waals surface area contributed by atoms with Crippen molar-refractivity contribution in [3.8, 4) is 22.6 Å². The normalized spacial score (nSPS) is 12.1. The quantitative estimate of drug-likeness (QED) is 0.473. The number of aromatic nitrogens is 2. The Bertz CT molecular complexity index is 1060. The second-order valence-electron chi connectivity index (χ2n) is 5.98. The van der Waals surface area contributed by atoms with E-state index in [1.54, 1.807) is 48.8 Å². The van der Waals surface area contributed by atoms with E-state index in [-0.39, 0.29) is 0 Å². The summed E-state index contributed by atoms with van der Waals surface area (Å²) in [4.78, 5) is 4.10. The lowest BCUT2D eigenvalue weighted by Crippen LogP contribution is -2.02. The zero-order chi connectivity index (χ0) is 18.8. The molecular formula is C21H14Cl2N2O2. The molecule has 0 saturated heterocycles. The Balaban J connectivity index is 1.91. The summed E-state index contributed by atoms with van der Waals surface area (Å²) in [5.41, 5.74) is 3.23. The molecule has 0 aliphatic heterocycles. The van der Waals surface area contributed by atoms with Crippen LogP contribution in [0.1, 0.15) is 17.2 Å². The Morgan fingerprint density at radius 3 is 2.41 bits per heavy atom. The first kappa shape index (κ1) is 17.7. The van der Waals surface area contributed by atoms with Gasteiger partial charge in [-0.2, -0.15) is 0 Å². The Morgan fingerprint density at radius 1 is 0.889 bits per heavy atom. The molecule has 1 atom stereocenters. The van der Waals surface area contributed by atoms with Crippen LogP contribution >= 0.6 is 23.2 Å². The molecule has 0 bridgehead atoms. The van der Waals surface area contributed by atoms with Gasteiger partial charge in [0.2, 0.25) is 0 Å². The van der Waals surface area contributed by atoms with Gasteiger partial charge in [-0.05, 0) is 42.5 Å². The Labute approximate surface area is 166 Å². The van der Waals surface area contributed by atoms with Crippen molar-refractivity contribution in [2.45, 2.75) is 6.10 Å². The summed E-state index contributed by atoms with van der Waals surface area (Å²) in [6, 6.07) is 18.0. The molecule has 0 amide bonds. The van der Waals surface area contributed by atoms with Gasteiger partial charge in [0.05, 0.1) is 5.56 Å². The molecule has 1 unspecified atom stereocenters. The number of benzene rings is 2. The molecule has 0 saturated carbocycles.